The number of aromatic nitrogens is 1. The molecule has 0 amide bonds. The predicted octanol–water partition coefficient (Wildman–Crippen LogP) is 3.38. The summed E-state index contributed by atoms with van der Waals surface area (Å²) in [5.74, 6) is 2.44. The van der Waals surface area contributed by atoms with Gasteiger partial charge in [0.2, 0.25) is 0 Å². The van der Waals surface area contributed by atoms with Crippen molar-refractivity contribution in [3.8, 4) is 5.75 Å². The minimum absolute atomic E-state index is 0. The third-order valence-electron chi connectivity index (χ3n) is 3.33. The summed E-state index contributed by atoms with van der Waals surface area (Å²) in [6.45, 7) is 6.83. The van der Waals surface area contributed by atoms with Crippen molar-refractivity contribution in [3.63, 3.8) is 0 Å². The largest absolute Gasteiger partial charge is 0.494 e. The molecule has 0 aliphatic carbocycles. The molecular formula is C18H27IN4O2. The number of halogens is 1. The van der Waals surface area contributed by atoms with Crippen LogP contribution in [0.25, 0.3) is 0 Å². The second-order valence-electron chi connectivity index (χ2n) is 5.28. The van der Waals surface area contributed by atoms with Crippen LogP contribution < -0.4 is 15.4 Å². The first-order valence-electron chi connectivity index (χ1n) is 8.46. The fourth-order valence-electron chi connectivity index (χ4n) is 2.08. The third kappa shape index (κ3) is 8.24. The van der Waals surface area contributed by atoms with E-state index in [2.05, 4.69) is 20.8 Å². The van der Waals surface area contributed by atoms with Crippen LogP contribution in [0, 0.1) is 0 Å². The van der Waals surface area contributed by atoms with Gasteiger partial charge in [-0.25, -0.2) is 4.99 Å². The van der Waals surface area contributed by atoms with Gasteiger partial charge < -0.3 is 19.9 Å². The van der Waals surface area contributed by atoms with Gasteiger partial charge in [-0.1, -0.05) is 30.3 Å². The molecule has 1 aromatic carbocycles. The van der Waals surface area contributed by atoms with Gasteiger partial charge in [-0.05, 0) is 31.9 Å². The van der Waals surface area contributed by atoms with E-state index < -0.39 is 0 Å². The van der Waals surface area contributed by atoms with E-state index in [0.29, 0.717) is 13.2 Å². The highest BCUT2D eigenvalue weighted by Crippen LogP contribution is 2.08. The fraction of sp³-hybridized carbons (Fsp3) is 0.444. The Morgan fingerprint density at radius 1 is 1.20 bits per heavy atom. The van der Waals surface area contributed by atoms with Gasteiger partial charge >= 0.3 is 0 Å². The van der Waals surface area contributed by atoms with E-state index in [1.165, 1.54) is 0 Å². The topological polar surface area (TPSA) is 71.7 Å². The molecule has 0 radical (unpaired) electrons. The maximum atomic E-state index is 5.67. The first-order chi connectivity index (χ1) is 11.8. The molecule has 1 aromatic heterocycles. The van der Waals surface area contributed by atoms with Gasteiger partial charge in [0.05, 0.1) is 12.3 Å². The van der Waals surface area contributed by atoms with Gasteiger partial charge in [0, 0.05) is 19.2 Å². The summed E-state index contributed by atoms with van der Waals surface area (Å²) in [7, 11) is 0. The Morgan fingerprint density at radius 3 is 2.68 bits per heavy atom. The predicted molar refractivity (Wildman–Crippen MR) is 111 cm³/mol. The normalized spacial score (nSPS) is 10.9. The van der Waals surface area contributed by atoms with Crippen LogP contribution in [0.15, 0.2) is 45.9 Å². The molecule has 25 heavy (non-hydrogen) atoms. The molecule has 0 saturated carbocycles. The SMILES string of the molecule is CCNC(=NCc1cc(CC)no1)NCCCOc1ccccc1.I. The van der Waals surface area contributed by atoms with Gasteiger partial charge in [-0.15, -0.1) is 24.0 Å². The van der Waals surface area contributed by atoms with Crippen molar-refractivity contribution < 1.29 is 9.26 Å². The van der Waals surface area contributed by atoms with Crippen LogP contribution >= 0.6 is 24.0 Å². The molecule has 0 aliphatic rings. The molecule has 2 aromatic rings. The molecule has 0 saturated heterocycles. The van der Waals surface area contributed by atoms with Gasteiger partial charge in [-0.2, -0.15) is 0 Å². The lowest BCUT2D eigenvalue weighted by atomic mass is 10.3. The Hall–Kier alpha value is -1.77. The lowest BCUT2D eigenvalue weighted by molar-refractivity contribution is 0.311. The average Bonchev–Trinajstić information content (AvgIpc) is 3.08. The summed E-state index contributed by atoms with van der Waals surface area (Å²) in [5, 5.41) is 10.5. The summed E-state index contributed by atoms with van der Waals surface area (Å²) >= 11 is 0. The highest BCUT2D eigenvalue weighted by Gasteiger charge is 2.03. The number of hydrogen-bond donors (Lipinski definition) is 2. The number of guanidine groups is 1. The van der Waals surface area contributed by atoms with Crippen molar-refractivity contribution in [1.29, 1.82) is 0 Å². The number of para-hydroxylation sites is 1. The molecule has 7 heteroatoms. The van der Waals surface area contributed by atoms with Crippen molar-refractivity contribution >= 4 is 29.9 Å². The summed E-state index contributed by atoms with van der Waals surface area (Å²) in [6, 6.07) is 11.8. The molecule has 6 nitrogen and oxygen atoms in total. The van der Waals surface area contributed by atoms with Crippen molar-refractivity contribution in [2.75, 3.05) is 19.7 Å². The van der Waals surface area contributed by atoms with E-state index in [1.54, 1.807) is 0 Å². The number of benzene rings is 1. The van der Waals surface area contributed by atoms with Crippen molar-refractivity contribution in [2.24, 2.45) is 4.99 Å². The van der Waals surface area contributed by atoms with Crippen molar-refractivity contribution in [1.82, 2.24) is 15.8 Å². The Kier molecular flexibility index (Phi) is 10.7. The summed E-state index contributed by atoms with van der Waals surface area (Å²) in [4.78, 5) is 4.51. The second-order valence-corrected chi connectivity index (χ2v) is 5.28. The lowest BCUT2D eigenvalue weighted by Gasteiger charge is -2.11. The van der Waals surface area contributed by atoms with Gasteiger partial charge in [-0.3, -0.25) is 0 Å². The number of ether oxygens (including phenoxy) is 1. The minimum Gasteiger partial charge on any atom is -0.494 e. The zero-order valence-corrected chi connectivity index (χ0v) is 17.2. The van der Waals surface area contributed by atoms with Gasteiger partial charge in [0.15, 0.2) is 11.7 Å². The van der Waals surface area contributed by atoms with Gasteiger partial charge in [0.1, 0.15) is 12.3 Å². The fourth-order valence-corrected chi connectivity index (χ4v) is 2.08. The summed E-state index contributed by atoms with van der Waals surface area (Å²) in [5.41, 5.74) is 0.955. The molecule has 0 bridgehead atoms. The number of hydrogen-bond acceptors (Lipinski definition) is 4. The summed E-state index contributed by atoms with van der Waals surface area (Å²) < 4.78 is 10.9. The van der Waals surface area contributed by atoms with E-state index in [1.807, 2.05) is 50.2 Å². The van der Waals surface area contributed by atoms with E-state index in [4.69, 9.17) is 9.26 Å². The minimum atomic E-state index is 0. The molecule has 2 rings (SSSR count). The van der Waals surface area contributed by atoms with Crippen LogP contribution in [-0.4, -0.2) is 30.8 Å². The molecule has 0 unspecified atom stereocenters. The first kappa shape index (κ1) is 21.3. The van der Waals surface area contributed by atoms with E-state index in [-0.39, 0.29) is 24.0 Å². The smallest absolute Gasteiger partial charge is 0.191 e. The van der Waals surface area contributed by atoms with Crippen LogP contribution in [0.4, 0.5) is 0 Å². The Labute approximate surface area is 166 Å². The number of aliphatic imine (C=N–C) groups is 1. The average molecular weight is 458 g/mol. The number of aryl methyl sites for hydroxylation is 1. The first-order valence-corrected chi connectivity index (χ1v) is 8.46. The third-order valence-corrected chi connectivity index (χ3v) is 3.33. The molecule has 138 valence electrons. The lowest BCUT2D eigenvalue weighted by Crippen LogP contribution is -2.38. The highest BCUT2D eigenvalue weighted by atomic mass is 127. The zero-order valence-electron chi connectivity index (χ0n) is 14.8. The maximum Gasteiger partial charge on any atom is 0.191 e. The Balaban J connectivity index is 0.00000312. The van der Waals surface area contributed by atoms with Crippen LogP contribution in [0.3, 0.4) is 0 Å². The summed E-state index contributed by atoms with van der Waals surface area (Å²) in [6.07, 6.45) is 1.76. The zero-order chi connectivity index (χ0) is 17.0. The number of nitrogens with zero attached hydrogens (tertiary/aromatic N) is 2. The van der Waals surface area contributed by atoms with Gasteiger partial charge in [0.25, 0.3) is 0 Å². The molecule has 0 spiro atoms. The Morgan fingerprint density at radius 2 is 2.00 bits per heavy atom. The van der Waals surface area contributed by atoms with E-state index >= 15 is 0 Å². The molecular weight excluding hydrogens is 431 g/mol. The second kappa shape index (κ2) is 12.6. The van der Waals surface area contributed by atoms with Crippen molar-refractivity contribution in [3.05, 3.63) is 47.9 Å². The molecule has 0 fully saturated rings. The monoisotopic (exact) mass is 458 g/mol. The van der Waals surface area contributed by atoms with Crippen molar-refractivity contribution in [2.45, 2.75) is 33.2 Å². The highest BCUT2D eigenvalue weighted by molar-refractivity contribution is 14.0. The van der Waals surface area contributed by atoms with Crippen LogP contribution in [0.2, 0.25) is 0 Å². The standard InChI is InChI=1S/C18H26N4O2.HI/c1-3-15-13-17(24-22-15)14-21-18(19-4-2)20-11-8-12-23-16-9-6-5-7-10-16;/h5-7,9-10,13H,3-4,8,11-12,14H2,1-2H3,(H2,19,20,21);1H. The van der Waals surface area contributed by atoms with Crippen LogP contribution in [0.5, 0.6) is 5.75 Å². The number of rotatable bonds is 9. The molecule has 2 N–H and O–H groups in total. The quantitative estimate of drug-likeness (QED) is 0.261. The van der Waals surface area contributed by atoms with E-state index in [0.717, 1.165) is 49.1 Å². The number of nitrogens with one attached hydrogen (secondary N) is 2. The van der Waals surface area contributed by atoms with Crippen LogP contribution in [0.1, 0.15) is 31.7 Å². The van der Waals surface area contributed by atoms with Crippen LogP contribution in [-0.2, 0) is 13.0 Å². The molecule has 1 heterocycles. The maximum absolute atomic E-state index is 5.67. The molecule has 0 aliphatic heterocycles. The molecule has 0 atom stereocenters. The Bertz CT molecular complexity index is 617. The van der Waals surface area contributed by atoms with E-state index in [9.17, 15) is 0 Å².